The molecule has 0 aromatic rings. The van der Waals surface area contributed by atoms with Gasteiger partial charge >= 0.3 is 0 Å². The van der Waals surface area contributed by atoms with Crippen LogP contribution < -0.4 is 0 Å². The Morgan fingerprint density at radius 2 is 2.12 bits per heavy atom. The normalized spacial score (nSPS) is 28.9. The second-order valence-electron chi connectivity index (χ2n) is 2.34. The van der Waals surface area contributed by atoms with Gasteiger partial charge in [-0.15, -0.1) is 23.2 Å². The van der Waals surface area contributed by atoms with Crippen molar-refractivity contribution >= 4 is 23.2 Å². The van der Waals surface area contributed by atoms with Gasteiger partial charge in [0.1, 0.15) is 4.33 Å². The highest BCUT2D eigenvalue weighted by molar-refractivity contribution is 6.48. The highest BCUT2D eigenvalue weighted by atomic mass is 35.5. The van der Waals surface area contributed by atoms with Crippen molar-refractivity contribution in [1.82, 2.24) is 4.90 Å². The van der Waals surface area contributed by atoms with E-state index in [1.165, 1.54) is 0 Å². The summed E-state index contributed by atoms with van der Waals surface area (Å²) in [6.45, 7) is 1.82. The average Bonchev–Trinajstić information content (AvgIpc) is 1.82. The molecule has 1 aliphatic rings. The average molecular weight is 154 g/mol. The zero-order valence-electron chi connectivity index (χ0n) is 4.82. The zero-order chi connectivity index (χ0) is 6.20. The highest BCUT2D eigenvalue weighted by Gasteiger charge is 2.31. The van der Waals surface area contributed by atoms with Crippen molar-refractivity contribution in [3.8, 4) is 0 Å². The molecule has 0 radical (unpaired) electrons. The molecule has 0 N–H and O–H groups in total. The van der Waals surface area contributed by atoms with Crippen molar-refractivity contribution in [2.45, 2.75) is 10.8 Å². The Balaban J connectivity index is 2.44. The molecule has 8 heavy (non-hydrogen) atoms. The molecular formula is C5H9Cl2N. The zero-order valence-corrected chi connectivity index (χ0v) is 6.34. The maximum Gasteiger partial charge on any atom is 0.132 e. The first-order valence-electron chi connectivity index (χ1n) is 2.66. The third-order valence-corrected chi connectivity index (χ3v) is 1.98. The van der Waals surface area contributed by atoms with Crippen LogP contribution in [0.2, 0.25) is 0 Å². The molecule has 0 aromatic carbocycles. The molecule has 0 aliphatic carbocycles. The topological polar surface area (TPSA) is 3.24 Å². The third-order valence-electron chi connectivity index (χ3n) is 1.36. The number of hydrogen-bond donors (Lipinski definition) is 0. The van der Waals surface area contributed by atoms with E-state index in [4.69, 9.17) is 23.2 Å². The largest absolute Gasteiger partial charge is 0.303 e. The molecule has 0 aromatic heterocycles. The van der Waals surface area contributed by atoms with Crippen LogP contribution in [0.25, 0.3) is 0 Å². The van der Waals surface area contributed by atoms with E-state index in [0.29, 0.717) is 0 Å². The Kier molecular flexibility index (Phi) is 1.71. The maximum absolute atomic E-state index is 5.79. The summed E-state index contributed by atoms with van der Waals surface area (Å²) in [7, 11) is 2.02. The Morgan fingerprint density at radius 1 is 1.50 bits per heavy atom. The van der Waals surface area contributed by atoms with E-state index in [-0.39, 0.29) is 0 Å². The molecule has 0 saturated carbocycles. The number of likely N-dealkylation sites (tertiary alicyclic amines) is 1. The summed E-state index contributed by atoms with van der Waals surface area (Å²) in [6.07, 6.45) is 0.895. The number of halogens is 2. The first-order chi connectivity index (χ1) is 3.60. The lowest BCUT2D eigenvalue weighted by atomic mass is 10.4. The van der Waals surface area contributed by atoms with E-state index in [2.05, 4.69) is 4.90 Å². The van der Waals surface area contributed by atoms with Crippen LogP contribution in [0.5, 0.6) is 0 Å². The lowest BCUT2D eigenvalue weighted by Gasteiger charge is -2.09. The van der Waals surface area contributed by atoms with Crippen molar-refractivity contribution in [3.63, 3.8) is 0 Å². The van der Waals surface area contributed by atoms with Crippen LogP contribution in [-0.2, 0) is 0 Å². The van der Waals surface area contributed by atoms with Gasteiger partial charge in [0, 0.05) is 13.1 Å². The summed E-state index contributed by atoms with van der Waals surface area (Å²) >= 11 is 11.6. The monoisotopic (exact) mass is 153 g/mol. The van der Waals surface area contributed by atoms with E-state index in [1.807, 2.05) is 7.05 Å². The molecule has 0 unspecified atom stereocenters. The minimum Gasteiger partial charge on any atom is -0.303 e. The number of alkyl halides is 2. The quantitative estimate of drug-likeness (QED) is 0.478. The van der Waals surface area contributed by atoms with E-state index in [1.54, 1.807) is 0 Å². The van der Waals surface area contributed by atoms with Crippen molar-refractivity contribution in [3.05, 3.63) is 0 Å². The molecule has 1 aliphatic heterocycles. The molecule has 3 heteroatoms. The van der Waals surface area contributed by atoms with Crippen molar-refractivity contribution in [2.24, 2.45) is 0 Å². The van der Waals surface area contributed by atoms with Gasteiger partial charge in [0.25, 0.3) is 0 Å². The first-order valence-corrected chi connectivity index (χ1v) is 3.42. The molecule has 0 bridgehead atoms. The van der Waals surface area contributed by atoms with Crippen LogP contribution in [0.1, 0.15) is 6.42 Å². The van der Waals surface area contributed by atoms with Gasteiger partial charge in [0.15, 0.2) is 0 Å². The minimum absolute atomic E-state index is 0.464. The third kappa shape index (κ3) is 1.51. The second kappa shape index (κ2) is 2.05. The number of rotatable bonds is 0. The molecule has 0 atom stereocenters. The highest BCUT2D eigenvalue weighted by Crippen LogP contribution is 2.30. The molecule has 0 amide bonds. The molecule has 48 valence electrons. The molecule has 1 fully saturated rings. The molecule has 1 heterocycles. The Morgan fingerprint density at radius 3 is 2.25 bits per heavy atom. The Labute approximate surface area is 59.6 Å². The predicted molar refractivity (Wildman–Crippen MR) is 36.6 cm³/mol. The predicted octanol–water partition coefficient (Wildman–Crippen LogP) is 1.50. The van der Waals surface area contributed by atoms with Crippen LogP contribution in [-0.4, -0.2) is 29.4 Å². The van der Waals surface area contributed by atoms with Gasteiger partial charge in [-0.25, -0.2) is 0 Å². The minimum atomic E-state index is -0.464. The van der Waals surface area contributed by atoms with Gasteiger partial charge in [0.2, 0.25) is 0 Å². The second-order valence-corrected chi connectivity index (χ2v) is 3.98. The standard InChI is InChI=1S/C5H9Cl2N/c1-8-3-2-5(6,7)4-8/h2-4H2,1H3. The lowest BCUT2D eigenvalue weighted by molar-refractivity contribution is 0.415. The van der Waals surface area contributed by atoms with E-state index >= 15 is 0 Å². The summed E-state index contributed by atoms with van der Waals surface area (Å²) in [5.74, 6) is 0. The Bertz CT molecular complexity index is 92.4. The van der Waals surface area contributed by atoms with Crippen molar-refractivity contribution < 1.29 is 0 Å². The van der Waals surface area contributed by atoms with Crippen LogP contribution in [0.4, 0.5) is 0 Å². The van der Waals surface area contributed by atoms with Gasteiger partial charge < -0.3 is 4.90 Å². The van der Waals surface area contributed by atoms with E-state index in [9.17, 15) is 0 Å². The van der Waals surface area contributed by atoms with Crippen LogP contribution >= 0.6 is 23.2 Å². The summed E-state index contributed by atoms with van der Waals surface area (Å²) in [6, 6.07) is 0. The summed E-state index contributed by atoms with van der Waals surface area (Å²) < 4.78 is -0.464. The number of nitrogens with zero attached hydrogens (tertiary/aromatic N) is 1. The van der Waals surface area contributed by atoms with Gasteiger partial charge in [-0.1, -0.05) is 0 Å². The van der Waals surface area contributed by atoms with E-state index < -0.39 is 4.33 Å². The fraction of sp³-hybridized carbons (Fsp3) is 1.00. The molecule has 1 saturated heterocycles. The lowest BCUT2D eigenvalue weighted by Crippen LogP contribution is -2.19. The summed E-state index contributed by atoms with van der Waals surface area (Å²) in [5, 5.41) is 0. The van der Waals surface area contributed by atoms with Crippen molar-refractivity contribution in [2.75, 3.05) is 20.1 Å². The summed E-state index contributed by atoms with van der Waals surface area (Å²) in [4.78, 5) is 2.12. The van der Waals surface area contributed by atoms with Gasteiger partial charge in [-0.05, 0) is 13.5 Å². The van der Waals surface area contributed by atoms with E-state index in [0.717, 1.165) is 19.5 Å². The maximum atomic E-state index is 5.79. The fourth-order valence-electron chi connectivity index (χ4n) is 0.907. The van der Waals surface area contributed by atoms with Gasteiger partial charge in [-0.2, -0.15) is 0 Å². The molecule has 1 rings (SSSR count). The molecular weight excluding hydrogens is 145 g/mol. The van der Waals surface area contributed by atoms with Crippen LogP contribution in [0, 0.1) is 0 Å². The van der Waals surface area contributed by atoms with Crippen LogP contribution in [0.15, 0.2) is 0 Å². The molecule has 0 spiro atoms. The van der Waals surface area contributed by atoms with Crippen LogP contribution in [0.3, 0.4) is 0 Å². The first kappa shape index (κ1) is 6.66. The SMILES string of the molecule is CN1CCC(Cl)(Cl)C1. The Hall–Kier alpha value is 0.540. The smallest absolute Gasteiger partial charge is 0.132 e. The van der Waals surface area contributed by atoms with Crippen molar-refractivity contribution in [1.29, 1.82) is 0 Å². The van der Waals surface area contributed by atoms with Gasteiger partial charge in [-0.3, -0.25) is 0 Å². The number of hydrogen-bond acceptors (Lipinski definition) is 1. The molecule has 1 nitrogen and oxygen atoms in total. The fourth-order valence-corrected chi connectivity index (χ4v) is 1.48. The van der Waals surface area contributed by atoms with Gasteiger partial charge in [0.05, 0.1) is 0 Å². The summed E-state index contributed by atoms with van der Waals surface area (Å²) in [5.41, 5.74) is 0.